The lowest BCUT2D eigenvalue weighted by Crippen LogP contribution is -2.38. The highest BCUT2D eigenvalue weighted by Crippen LogP contribution is 2.29. The highest BCUT2D eigenvalue weighted by molar-refractivity contribution is 5.77. The summed E-state index contributed by atoms with van der Waals surface area (Å²) in [6, 6.07) is 14.5. The molecular formula is C21H23N3O2. The molecule has 1 aliphatic rings. The van der Waals surface area contributed by atoms with E-state index in [9.17, 15) is 9.59 Å². The number of amides is 1. The van der Waals surface area contributed by atoms with Crippen LogP contribution >= 0.6 is 0 Å². The summed E-state index contributed by atoms with van der Waals surface area (Å²) in [6.07, 6.45) is 3.12. The maximum absolute atomic E-state index is 12.7. The predicted octanol–water partition coefficient (Wildman–Crippen LogP) is 3.32. The summed E-state index contributed by atoms with van der Waals surface area (Å²) in [7, 11) is 0. The summed E-state index contributed by atoms with van der Waals surface area (Å²) < 4.78 is 0. The van der Waals surface area contributed by atoms with Crippen molar-refractivity contribution in [2.24, 2.45) is 0 Å². The molecule has 0 aliphatic carbocycles. The largest absolute Gasteiger partial charge is 0.336 e. The van der Waals surface area contributed by atoms with Gasteiger partial charge in [-0.2, -0.15) is 0 Å². The first-order chi connectivity index (χ1) is 12.6. The molecule has 1 aromatic heterocycles. The topological polar surface area (TPSA) is 69.0 Å². The molecule has 1 amide bonds. The number of hydrogen-bond acceptors (Lipinski definition) is 2. The molecule has 1 atom stereocenters. The molecule has 0 radical (unpaired) electrons. The SMILES string of the molecule is CC1c2ccccc2CCN1C(=O)CCCc1ccc2[nH]c(=O)[nH]c2c1. The number of aryl methyl sites for hydroxylation is 1. The van der Waals surface area contributed by atoms with Crippen molar-refractivity contribution in [3.8, 4) is 0 Å². The van der Waals surface area contributed by atoms with E-state index < -0.39 is 0 Å². The molecule has 0 saturated carbocycles. The molecule has 26 heavy (non-hydrogen) atoms. The van der Waals surface area contributed by atoms with Gasteiger partial charge in [0.2, 0.25) is 5.91 Å². The van der Waals surface area contributed by atoms with E-state index in [1.807, 2.05) is 29.2 Å². The zero-order valence-electron chi connectivity index (χ0n) is 14.9. The van der Waals surface area contributed by atoms with Crippen molar-refractivity contribution in [1.29, 1.82) is 0 Å². The van der Waals surface area contributed by atoms with E-state index in [1.165, 1.54) is 11.1 Å². The van der Waals surface area contributed by atoms with E-state index in [4.69, 9.17) is 0 Å². The number of aromatic amines is 2. The van der Waals surface area contributed by atoms with Crippen molar-refractivity contribution >= 4 is 16.9 Å². The lowest BCUT2D eigenvalue weighted by Gasteiger charge is -2.35. The molecule has 5 heteroatoms. The number of hydrogen-bond donors (Lipinski definition) is 2. The Morgan fingerprint density at radius 1 is 1.15 bits per heavy atom. The summed E-state index contributed by atoms with van der Waals surface area (Å²) in [5.41, 5.74) is 5.21. The van der Waals surface area contributed by atoms with Crippen molar-refractivity contribution in [1.82, 2.24) is 14.9 Å². The van der Waals surface area contributed by atoms with Gasteiger partial charge in [-0.05, 0) is 55.0 Å². The third-order valence-corrected chi connectivity index (χ3v) is 5.35. The fourth-order valence-corrected chi connectivity index (χ4v) is 3.94. The lowest BCUT2D eigenvalue weighted by molar-refractivity contribution is -0.133. The number of carbonyl (C=O) groups excluding carboxylic acids is 1. The van der Waals surface area contributed by atoms with Crippen molar-refractivity contribution < 1.29 is 4.79 Å². The second-order valence-corrected chi connectivity index (χ2v) is 7.02. The Balaban J connectivity index is 1.37. The molecule has 134 valence electrons. The third-order valence-electron chi connectivity index (χ3n) is 5.35. The predicted molar refractivity (Wildman–Crippen MR) is 102 cm³/mol. The van der Waals surface area contributed by atoms with Gasteiger partial charge in [0.1, 0.15) is 0 Å². The van der Waals surface area contributed by atoms with E-state index in [0.29, 0.717) is 6.42 Å². The Morgan fingerprint density at radius 3 is 2.85 bits per heavy atom. The van der Waals surface area contributed by atoms with Crippen LogP contribution in [0.5, 0.6) is 0 Å². The Bertz CT molecular complexity index is 1000. The second-order valence-electron chi connectivity index (χ2n) is 7.02. The Morgan fingerprint density at radius 2 is 1.96 bits per heavy atom. The van der Waals surface area contributed by atoms with Gasteiger partial charge in [-0.25, -0.2) is 4.79 Å². The Hall–Kier alpha value is -2.82. The van der Waals surface area contributed by atoms with Crippen LogP contribution in [0, 0.1) is 0 Å². The normalized spacial score (nSPS) is 16.7. The summed E-state index contributed by atoms with van der Waals surface area (Å²) >= 11 is 0. The van der Waals surface area contributed by atoms with Gasteiger partial charge >= 0.3 is 5.69 Å². The average molecular weight is 349 g/mol. The fraction of sp³-hybridized carbons (Fsp3) is 0.333. The van der Waals surface area contributed by atoms with E-state index in [2.05, 4.69) is 35.1 Å². The van der Waals surface area contributed by atoms with Gasteiger partial charge in [0, 0.05) is 13.0 Å². The van der Waals surface area contributed by atoms with Gasteiger partial charge < -0.3 is 14.9 Å². The van der Waals surface area contributed by atoms with Crippen molar-refractivity contribution in [2.75, 3.05) is 6.54 Å². The van der Waals surface area contributed by atoms with Crippen molar-refractivity contribution in [2.45, 2.75) is 38.6 Å². The quantitative estimate of drug-likeness (QED) is 0.758. The number of nitrogens with zero attached hydrogens (tertiary/aromatic N) is 1. The van der Waals surface area contributed by atoms with Gasteiger partial charge in [-0.3, -0.25) is 4.79 Å². The molecule has 0 bridgehead atoms. The molecule has 0 spiro atoms. The molecule has 5 nitrogen and oxygen atoms in total. The van der Waals surface area contributed by atoms with E-state index in [1.54, 1.807) is 0 Å². The number of H-pyrrole nitrogens is 2. The van der Waals surface area contributed by atoms with Crippen LogP contribution in [0.1, 0.15) is 42.5 Å². The monoisotopic (exact) mass is 349 g/mol. The zero-order valence-corrected chi connectivity index (χ0v) is 14.9. The lowest BCUT2D eigenvalue weighted by atomic mass is 9.93. The number of nitrogens with one attached hydrogen (secondary N) is 2. The number of benzene rings is 2. The standard InChI is InChI=1S/C21H23N3O2/c1-14-17-7-3-2-6-16(17)11-12-24(14)20(25)8-4-5-15-9-10-18-19(13-15)23-21(26)22-18/h2-3,6-7,9-10,13-14H,4-5,8,11-12H2,1H3,(H2,22,23,26). The molecule has 0 saturated heterocycles. The van der Waals surface area contributed by atoms with Crippen LogP contribution < -0.4 is 5.69 Å². The van der Waals surface area contributed by atoms with Crippen LogP contribution in [-0.4, -0.2) is 27.3 Å². The molecule has 2 N–H and O–H groups in total. The summed E-state index contributed by atoms with van der Waals surface area (Å²) in [6.45, 7) is 2.92. The number of imidazole rings is 1. The molecule has 2 heterocycles. The van der Waals surface area contributed by atoms with Crippen LogP contribution in [0.3, 0.4) is 0 Å². The van der Waals surface area contributed by atoms with E-state index >= 15 is 0 Å². The molecule has 3 aromatic rings. The zero-order chi connectivity index (χ0) is 18.1. The minimum Gasteiger partial charge on any atom is -0.336 e. The van der Waals surface area contributed by atoms with Gasteiger partial charge in [-0.1, -0.05) is 30.3 Å². The molecular weight excluding hydrogens is 326 g/mol. The van der Waals surface area contributed by atoms with Gasteiger partial charge in [0.05, 0.1) is 17.1 Å². The minimum absolute atomic E-state index is 0.147. The van der Waals surface area contributed by atoms with Crippen LogP contribution in [0.4, 0.5) is 0 Å². The molecule has 1 aliphatic heterocycles. The number of aromatic nitrogens is 2. The maximum atomic E-state index is 12.7. The number of fused-ring (bicyclic) bond motifs is 2. The van der Waals surface area contributed by atoms with Crippen LogP contribution in [0.25, 0.3) is 11.0 Å². The first-order valence-electron chi connectivity index (χ1n) is 9.20. The Kier molecular flexibility index (Phi) is 4.37. The second kappa shape index (κ2) is 6.83. The molecule has 4 rings (SSSR count). The maximum Gasteiger partial charge on any atom is 0.323 e. The summed E-state index contributed by atoms with van der Waals surface area (Å²) in [4.78, 5) is 31.6. The number of carbonyl (C=O) groups is 1. The van der Waals surface area contributed by atoms with Gasteiger partial charge in [-0.15, -0.1) is 0 Å². The van der Waals surface area contributed by atoms with Gasteiger partial charge in [0.15, 0.2) is 0 Å². The van der Waals surface area contributed by atoms with Crippen LogP contribution in [0.2, 0.25) is 0 Å². The highest BCUT2D eigenvalue weighted by atomic mass is 16.2. The Labute approximate surface area is 152 Å². The first kappa shape index (κ1) is 16.6. The van der Waals surface area contributed by atoms with Gasteiger partial charge in [0.25, 0.3) is 0 Å². The van der Waals surface area contributed by atoms with Crippen LogP contribution in [0.15, 0.2) is 47.3 Å². The van der Waals surface area contributed by atoms with Crippen molar-refractivity contribution in [3.05, 3.63) is 69.6 Å². The van der Waals surface area contributed by atoms with E-state index in [0.717, 1.165) is 42.4 Å². The summed E-state index contributed by atoms with van der Waals surface area (Å²) in [5, 5.41) is 0. The fourth-order valence-electron chi connectivity index (χ4n) is 3.94. The number of rotatable bonds is 4. The molecule has 1 unspecified atom stereocenters. The minimum atomic E-state index is -0.188. The average Bonchev–Trinajstić information content (AvgIpc) is 3.01. The molecule has 2 aromatic carbocycles. The first-order valence-corrected chi connectivity index (χ1v) is 9.20. The molecule has 0 fully saturated rings. The van der Waals surface area contributed by atoms with E-state index in [-0.39, 0.29) is 17.6 Å². The van der Waals surface area contributed by atoms with Crippen molar-refractivity contribution in [3.63, 3.8) is 0 Å². The smallest absolute Gasteiger partial charge is 0.323 e. The highest BCUT2D eigenvalue weighted by Gasteiger charge is 2.26. The third kappa shape index (κ3) is 3.17. The van der Waals surface area contributed by atoms with Crippen LogP contribution in [-0.2, 0) is 17.6 Å². The summed E-state index contributed by atoms with van der Waals surface area (Å²) in [5.74, 6) is 0.225.